The fraction of sp³-hybridized carbons (Fsp3) is 0.562. The van der Waals surface area contributed by atoms with Gasteiger partial charge in [-0.2, -0.15) is 0 Å². The van der Waals surface area contributed by atoms with Gasteiger partial charge in [-0.3, -0.25) is 24.1 Å². The Morgan fingerprint density at radius 3 is 2.21 bits per heavy atom. The maximum Gasteiger partial charge on any atom is 0.305 e. The molecular weight excluding hydrogens is 556 g/mol. The summed E-state index contributed by atoms with van der Waals surface area (Å²) in [6.45, 7) is 11.0. The second kappa shape index (κ2) is 10.8. The van der Waals surface area contributed by atoms with Gasteiger partial charge in [0.15, 0.2) is 11.4 Å². The summed E-state index contributed by atoms with van der Waals surface area (Å²) in [5.41, 5.74) is 2.56. The lowest BCUT2D eigenvalue weighted by molar-refractivity contribution is -0.185. The SMILES string of the molecule is CCCc1cc(C(C)(C)C)c(O)c2c1[C@@H](C)[C@H]1C(=C2O)C(=O)[C@@]2(O)C(O)=C(C(N)=O)C(=O)[C@H](N(C)C)[C@H]2[C@@H]1OC(=O)CC. The molecule has 0 unspecified atom stereocenters. The van der Waals surface area contributed by atoms with Crippen molar-refractivity contribution in [1.29, 1.82) is 0 Å². The van der Waals surface area contributed by atoms with Crippen LogP contribution in [0.5, 0.6) is 5.75 Å². The Balaban J connectivity index is 2.18. The van der Waals surface area contributed by atoms with Crippen molar-refractivity contribution in [2.75, 3.05) is 14.1 Å². The fourth-order valence-corrected chi connectivity index (χ4v) is 7.27. The second-order valence-electron chi connectivity index (χ2n) is 13.1. The monoisotopic (exact) mass is 598 g/mol. The minimum absolute atomic E-state index is 0.0280. The van der Waals surface area contributed by atoms with Crippen molar-refractivity contribution in [3.05, 3.63) is 45.2 Å². The van der Waals surface area contributed by atoms with Gasteiger partial charge >= 0.3 is 5.97 Å². The molecule has 11 heteroatoms. The summed E-state index contributed by atoms with van der Waals surface area (Å²) in [6, 6.07) is 0.479. The van der Waals surface area contributed by atoms with Crippen LogP contribution in [0.1, 0.15) is 82.6 Å². The maximum absolute atomic E-state index is 14.5. The van der Waals surface area contributed by atoms with Gasteiger partial charge in [0.25, 0.3) is 5.91 Å². The number of aromatic hydroxyl groups is 1. The molecule has 0 heterocycles. The second-order valence-corrected chi connectivity index (χ2v) is 13.1. The van der Waals surface area contributed by atoms with E-state index in [1.807, 2.05) is 33.8 Å². The summed E-state index contributed by atoms with van der Waals surface area (Å²) in [6.07, 6.45) is -0.181. The first-order valence-corrected chi connectivity index (χ1v) is 14.6. The first-order valence-electron chi connectivity index (χ1n) is 14.6. The molecule has 1 amide bonds. The number of nitrogens with zero attached hydrogens (tertiary/aromatic N) is 1. The van der Waals surface area contributed by atoms with E-state index in [4.69, 9.17) is 10.5 Å². The smallest absolute Gasteiger partial charge is 0.305 e. The Hall–Kier alpha value is -3.70. The zero-order valence-electron chi connectivity index (χ0n) is 25.9. The van der Waals surface area contributed by atoms with Gasteiger partial charge in [-0.1, -0.05) is 54.0 Å². The van der Waals surface area contributed by atoms with E-state index < -0.39 is 81.4 Å². The highest BCUT2D eigenvalue weighted by atomic mass is 16.5. The Labute approximate surface area is 251 Å². The Bertz CT molecular complexity index is 1480. The Morgan fingerprint density at radius 1 is 1.12 bits per heavy atom. The van der Waals surface area contributed by atoms with E-state index in [1.165, 1.54) is 19.0 Å². The quantitative estimate of drug-likeness (QED) is 0.241. The van der Waals surface area contributed by atoms with E-state index in [2.05, 4.69) is 0 Å². The highest BCUT2D eigenvalue weighted by Crippen LogP contribution is 2.58. The van der Waals surface area contributed by atoms with Crippen molar-refractivity contribution < 1.29 is 44.3 Å². The van der Waals surface area contributed by atoms with E-state index in [1.54, 1.807) is 13.8 Å². The van der Waals surface area contributed by atoms with Crippen LogP contribution in [0.25, 0.3) is 5.76 Å². The molecule has 1 aromatic rings. The number of phenols is 1. The van der Waals surface area contributed by atoms with Crippen LogP contribution in [-0.2, 0) is 35.8 Å². The predicted molar refractivity (Wildman–Crippen MR) is 157 cm³/mol. The lowest BCUT2D eigenvalue weighted by Crippen LogP contribution is -2.71. The number of rotatable bonds is 6. The number of phenolic OH excluding ortho intramolecular Hbond substituents is 1. The zero-order valence-corrected chi connectivity index (χ0v) is 25.9. The Kier molecular flexibility index (Phi) is 8.08. The number of primary amides is 1. The van der Waals surface area contributed by atoms with Crippen LogP contribution in [0.15, 0.2) is 23.0 Å². The molecular formula is C32H42N2O9. The van der Waals surface area contributed by atoms with Gasteiger partial charge in [0, 0.05) is 23.5 Å². The van der Waals surface area contributed by atoms with E-state index in [9.17, 15) is 39.6 Å². The molecule has 0 aromatic heterocycles. The molecule has 0 bridgehead atoms. The lowest BCUT2D eigenvalue weighted by Gasteiger charge is -2.54. The molecule has 0 aliphatic heterocycles. The fourth-order valence-electron chi connectivity index (χ4n) is 7.27. The van der Waals surface area contributed by atoms with Crippen LogP contribution < -0.4 is 5.73 Å². The molecule has 4 rings (SSSR count). The summed E-state index contributed by atoms with van der Waals surface area (Å²) in [5.74, 6) is -9.58. The number of esters is 1. The van der Waals surface area contributed by atoms with Gasteiger partial charge in [-0.05, 0) is 43.0 Å². The number of nitrogens with two attached hydrogens (primary N) is 1. The van der Waals surface area contributed by atoms with Crippen LogP contribution in [0.3, 0.4) is 0 Å². The summed E-state index contributed by atoms with van der Waals surface area (Å²) in [4.78, 5) is 54.7. The molecule has 1 aromatic carbocycles. The molecule has 1 fully saturated rings. The number of carbonyl (C=O) groups excluding carboxylic acids is 4. The molecule has 0 saturated heterocycles. The van der Waals surface area contributed by atoms with Crippen molar-refractivity contribution in [3.8, 4) is 5.75 Å². The average Bonchev–Trinajstić information content (AvgIpc) is 2.90. The van der Waals surface area contributed by atoms with E-state index in [-0.39, 0.29) is 23.3 Å². The number of carbonyl (C=O) groups is 4. The van der Waals surface area contributed by atoms with Gasteiger partial charge in [0.1, 0.15) is 28.9 Å². The highest BCUT2D eigenvalue weighted by Gasteiger charge is 2.69. The van der Waals surface area contributed by atoms with Gasteiger partial charge in [-0.25, -0.2) is 0 Å². The van der Waals surface area contributed by atoms with Gasteiger partial charge in [0.2, 0.25) is 5.78 Å². The van der Waals surface area contributed by atoms with Gasteiger partial charge in [-0.15, -0.1) is 0 Å². The number of Topliss-reactive ketones (excluding diaryl/α,β-unsaturated/α-hetero) is 2. The highest BCUT2D eigenvalue weighted by molar-refractivity contribution is 6.24. The molecule has 0 radical (unpaired) electrons. The first kappa shape index (κ1) is 32.2. The summed E-state index contributed by atoms with van der Waals surface area (Å²) in [5, 5.41) is 46.9. The van der Waals surface area contributed by atoms with Crippen LogP contribution in [-0.4, -0.2) is 80.6 Å². The van der Waals surface area contributed by atoms with Crippen molar-refractivity contribution >= 4 is 29.2 Å². The molecule has 1 saturated carbocycles. The minimum Gasteiger partial charge on any atom is -0.508 e. The van der Waals surface area contributed by atoms with E-state index in [0.29, 0.717) is 17.5 Å². The molecule has 0 spiro atoms. The third-order valence-electron chi connectivity index (χ3n) is 9.17. The molecule has 11 nitrogen and oxygen atoms in total. The maximum atomic E-state index is 14.5. The number of likely N-dealkylation sites (N-methyl/N-ethyl adjacent to an activating group) is 1. The van der Waals surface area contributed by atoms with Crippen molar-refractivity contribution in [1.82, 2.24) is 4.90 Å². The molecule has 43 heavy (non-hydrogen) atoms. The first-order chi connectivity index (χ1) is 19.9. The number of ether oxygens (including phenoxy) is 1. The molecule has 3 aliphatic rings. The zero-order chi connectivity index (χ0) is 32.5. The van der Waals surface area contributed by atoms with Gasteiger partial charge < -0.3 is 30.9 Å². The minimum atomic E-state index is -2.97. The predicted octanol–water partition coefficient (Wildman–Crippen LogP) is 2.71. The molecule has 6 N–H and O–H groups in total. The summed E-state index contributed by atoms with van der Waals surface area (Å²) >= 11 is 0. The van der Waals surface area contributed by atoms with Crippen molar-refractivity contribution in [2.24, 2.45) is 17.6 Å². The number of benzene rings is 1. The normalized spacial score (nSPS) is 28.9. The standard InChI is InChI=1S/C32H42N2O9/c1-9-11-14-12-15(31(4,5)6)24(36)19-17(14)13(3)18-20(25(19)37)28(39)32(42)22(27(18)43-16(35)10-2)23(34(7)8)26(38)21(29(32)40)30(33)41/h12-13,18,22-23,27,36-37,40,42H,9-11H2,1-8H3,(H2,33,41)/t13-,18+,22+,23-,27-,32-/m1/s1. The van der Waals surface area contributed by atoms with Crippen LogP contribution >= 0.6 is 0 Å². The van der Waals surface area contributed by atoms with Crippen molar-refractivity contribution in [3.63, 3.8) is 0 Å². The van der Waals surface area contributed by atoms with Crippen LogP contribution in [0.4, 0.5) is 0 Å². The number of amides is 1. The van der Waals surface area contributed by atoms with Crippen LogP contribution in [0, 0.1) is 11.8 Å². The number of hydrogen-bond donors (Lipinski definition) is 5. The van der Waals surface area contributed by atoms with Gasteiger partial charge in [0.05, 0.1) is 17.5 Å². The number of hydrogen-bond acceptors (Lipinski definition) is 10. The average molecular weight is 599 g/mol. The van der Waals surface area contributed by atoms with Crippen molar-refractivity contribution in [2.45, 2.75) is 89.9 Å². The van der Waals surface area contributed by atoms with E-state index >= 15 is 0 Å². The third-order valence-corrected chi connectivity index (χ3v) is 9.17. The summed E-state index contributed by atoms with van der Waals surface area (Å²) in [7, 11) is 2.97. The number of aliphatic hydroxyl groups is 3. The lowest BCUT2D eigenvalue weighted by atomic mass is 9.53. The molecule has 6 atom stereocenters. The van der Waals surface area contributed by atoms with Crippen LogP contribution in [0.2, 0.25) is 0 Å². The number of fused-ring (bicyclic) bond motifs is 3. The molecule has 234 valence electrons. The number of aliphatic hydroxyl groups excluding tert-OH is 2. The molecule has 3 aliphatic carbocycles. The largest absolute Gasteiger partial charge is 0.508 e. The number of aryl methyl sites for hydroxylation is 1. The number of ketones is 2. The van der Waals surface area contributed by atoms with E-state index in [0.717, 1.165) is 12.0 Å². The summed E-state index contributed by atoms with van der Waals surface area (Å²) < 4.78 is 5.92. The third kappa shape index (κ3) is 4.55. The topological polar surface area (TPSA) is 188 Å². The Morgan fingerprint density at radius 2 is 1.72 bits per heavy atom.